The van der Waals surface area contributed by atoms with Gasteiger partial charge in [-0.05, 0) is 36.8 Å². The van der Waals surface area contributed by atoms with Crippen molar-refractivity contribution in [2.24, 2.45) is 5.92 Å². The fraction of sp³-hybridized carbons (Fsp3) is 0.667. The van der Waals surface area contributed by atoms with Crippen LogP contribution >= 0.6 is 0 Å². The first kappa shape index (κ1) is 15.4. The molecule has 0 saturated carbocycles. The third-order valence-electron chi connectivity index (χ3n) is 4.64. The van der Waals surface area contributed by atoms with Gasteiger partial charge in [-0.3, -0.25) is 0 Å². The van der Waals surface area contributed by atoms with Crippen molar-refractivity contribution in [2.75, 3.05) is 26.2 Å². The number of rotatable bonds is 6. The van der Waals surface area contributed by atoms with Crippen LogP contribution in [-0.4, -0.2) is 26.2 Å². The number of piperidine rings is 1. The molecule has 0 spiro atoms. The molecule has 3 atom stereocenters. The molecule has 1 aromatic rings. The molecule has 2 nitrogen and oxygen atoms in total. The molecule has 1 aliphatic rings. The van der Waals surface area contributed by atoms with Crippen molar-refractivity contribution >= 4 is 0 Å². The Morgan fingerprint density at radius 2 is 2.15 bits per heavy atom. The summed E-state index contributed by atoms with van der Waals surface area (Å²) >= 11 is 0. The molecule has 1 saturated heterocycles. The zero-order chi connectivity index (χ0) is 14.4. The molecular weight excluding hydrogens is 246 g/mol. The van der Waals surface area contributed by atoms with Gasteiger partial charge in [-0.25, -0.2) is 0 Å². The van der Waals surface area contributed by atoms with Gasteiger partial charge in [0.05, 0.1) is 13.1 Å². The molecular formula is C18H30NO+. The first-order valence-corrected chi connectivity index (χ1v) is 8.26. The topological polar surface area (TPSA) is 13.7 Å². The molecule has 1 N–H and O–H groups in total. The molecule has 1 unspecified atom stereocenters. The van der Waals surface area contributed by atoms with Crippen LogP contribution in [0.1, 0.15) is 51.5 Å². The van der Waals surface area contributed by atoms with E-state index in [0.29, 0.717) is 5.92 Å². The van der Waals surface area contributed by atoms with Crippen molar-refractivity contribution in [2.45, 2.75) is 46.0 Å². The fourth-order valence-corrected chi connectivity index (χ4v) is 3.17. The first-order valence-electron chi connectivity index (χ1n) is 8.26. The van der Waals surface area contributed by atoms with Gasteiger partial charge in [0, 0.05) is 5.92 Å². The van der Waals surface area contributed by atoms with Crippen LogP contribution in [0.4, 0.5) is 0 Å². The van der Waals surface area contributed by atoms with Crippen LogP contribution in [0.25, 0.3) is 0 Å². The van der Waals surface area contributed by atoms with Crippen molar-refractivity contribution in [3.8, 4) is 5.75 Å². The van der Waals surface area contributed by atoms with Gasteiger partial charge < -0.3 is 9.64 Å². The van der Waals surface area contributed by atoms with E-state index in [1.807, 2.05) is 0 Å². The van der Waals surface area contributed by atoms with E-state index < -0.39 is 0 Å². The van der Waals surface area contributed by atoms with E-state index in [9.17, 15) is 0 Å². The summed E-state index contributed by atoms with van der Waals surface area (Å²) in [7, 11) is 0. The van der Waals surface area contributed by atoms with Crippen LogP contribution in [0.15, 0.2) is 24.3 Å². The summed E-state index contributed by atoms with van der Waals surface area (Å²) in [6.45, 7) is 11.5. The summed E-state index contributed by atoms with van der Waals surface area (Å²) in [6, 6.07) is 8.53. The Bertz CT molecular complexity index is 404. The summed E-state index contributed by atoms with van der Waals surface area (Å²) in [6.07, 6.45) is 3.94. The second kappa shape index (κ2) is 7.68. The predicted octanol–water partition coefficient (Wildman–Crippen LogP) is 2.89. The van der Waals surface area contributed by atoms with E-state index >= 15 is 0 Å². The maximum Gasteiger partial charge on any atom is 0.137 e. The van der Waals surface area contributed by atoms with Crippen LogP contribution in [0.3, 0.4) is 0 Å². The lowest BCUT2D eigenvalue weighted by Gasteiger charge is -2.28. The minimum atomic E-state index is 0.577. The van der Waals surface area contributed by atoms with Crippen molar-refractivity contribution in [3.63, 3.8) is 0 Å². The van der Waals surface area contributed by atoms with Gasteiger partial charge in [-0.2, -0.15) is 0 Å². The average Bonchev–Trinajstić information content (AvgIpc) is 2.47. The molecule has 2 rings (SSSR count). The standard InChI is InChI=1S/C18H29NO/c1-4-16(3)17-9-5-6-10-18(17)20-13-12-19-11-7-8-15(2)14-19/h5-6,9-10,15-16H,4,7-8,11-14H2,1-3H3/p+1/t15-,16+/m1/s1. The van der Waals surface area contributed by atoms with Gasteiger partial charge in [-0.1, -0.05) is 39.0 Å². The molecule has 1 aliphatic heterocycles. The number of benzene rings is 1. The third-order valence-corrected chi connectivity index (χ3v) is 4.64. The number of hydrogen-bond acceptors (Lipinski definition) is 1. The highest BCUT2D eigenvalue weighted by Gasteiger charge is 2.19. The highest BCUT2D eigenvalue weighted by molar-refractivity contribution is 5.35. The van der Waals surface area contributed by atoms with E-state index in [4.69, 9.17) is 4.74 Å². The monoisotopic (exact) mass is 276 g/mol. The maximum absolute atomic E-state index is 6.08. The summed E-state index contributed by atoms with van der Waals surface area (Å²) in [5, 5.41) is 0. The molecule has 0 radical (unpaired) electrons. The SMILES string of the molecule is CC[C@H](C)c1ccccc1OCC[NH+]1CCC[C@@H](C)C1. The molecule has 1 fully saturated rings. The number of likely N-dealkylation sites (tertiary alicyclic amines) is 1. The zero-order valence-electron chi connectivity index (χ0n) is 13.3. The lowest BCUT2D eigenvalue weighted by atomic mass is 9.98. The molecule has 0 aliphatic carbocycles. The number of para-hydroxylation sites is 1. The van der Waals surface area contributed by atoms with Gasteiger partial charge >= 0.3 is 0 Å². The summed E-state index contributed by atoms with van der Waals surface area (Å²) < 4.78 is 6.08. The van der Waals surface area contributed by atoms with Crippen LogP contribution < -0.4 is 9.64 Å². The van der Waals surface area contributed by atoms with Gasteiger partial charge in [0.1, 0.15) is 18.9 Å². The van der Waals surface area contributed by atoms with Gasteiger partial charge in [-0.15, -0.1) is 0 Å². The van der Waals surface area contributed by atoms with Gasteiger partial charge in [0.15, 0.2) is 0 Å². The minimum absolute atomic E-state index is 0.577. The lowest BCUT2D eigenvalue weighted by molar-refractivity contribution is -0.908. The Labute approximate surface area is 124 Å². The molecule has 0 aromatic heterocycles. The maximum atomic E-state index is 6.08. The van der Waals surface area contributed by atoms with E-state index in [0.717, 1.165) is 31.2 Å². The second-order valence-electron chi connectivity index (χ2n) is 6.40. The van der Waals surface area contributed by atoms with Crippen molar-refractivity contribution in [1.82, 2.24) is 0 Å². The largest absolute Gasteiger partial charge is 0.487 e. The molecule has 1 aromatic carbocycles. The number of nitrogens with one attached hydrogen (secondary N) is 1. The fourth-order valence-electron chi connectivity index (χ4n) is 3.17. The zero-order valence-corrected chi connectivity index (χ0v) is 13.3. The number of ether oxygens (including phenoxy) is 1. The highest BCUT2D eigenvalue weighted by atomic mass is 16.5. The lowest BCUT2D eigenvalue weighted by Crippen LogP contribution is -3.14. The van der Waals surface area contributed by atoms with Crippen LogP contribution in [0.2, 0.25) is 0 Å². The molecule has 20 heavy (non-hydrogen) atoms. The van der Waals surface area contributed by atoms with Crippen LogP contribution in [0.5, 0.6) is 5.75 Å². The average molecular weight is 276 g/mol. The summed E-state index contributed by atoms with van der Waals surface area (Å²) in [4.78, 5) is 1.71. The Hall–Kier alpha value is -1.02. The molecule has 2 heteroatoms. The van der Waals surface area contributed by atoms with E-state index in [2.05, 4.69) is 45.0 Å². The van der Waals surface area contributed by atoms with Crippen molar-refractivity contribution in [1.29, 1.82) is 0 Å². The van der Waals surface area contributed by atoms with Crippen molar-refractivity contribution < 1.29 is 9.64 Å². The second-order valence-corrected chi connectivity index (χ2v) is 6.40. The number of hydrogen-bond donors (Lipinski definition) is 1. The normalized spacial score (nSPS) is 24.4. The molecule has 1 heterocycles. The highest BCUT2D eigenvalue weighted by Crippen LogP contribution is 2.28. The Balaban J connectivity index is 1.84. The Kier molecular flexibility index (Phi) is 5.90. The predicted molar refractivity (Wildman–Crippen MR) is 84.6 cm³/mol. The van der Waals surface area contributed by atoms with Crippen molar-refractivity contribution in [3.05, 3.63) is 29.8 Å². The minimum Gasteiger partial charge on any atom is -0.487 e. The smallest absolute Gasteiger partial charge is 0.137 e. The van der Waals surface area contributed by atoms with Crippen LogP contribution in [0, 0.1) is 5.92 Å². The van der Waals surface area contributed by atoms with E-state index in [1.54, 1.807) is 4.90 Å². The summed E-state index contributed by atoms with van der Waals surface area (Å²) in [5.74, 6) is 2.55. The molecule has 112 valence electrons. The molecule has 0 amide bonds. The molecule has 0 bridgehead atoms. The van der Waals surface area contributed by atoms with E-state index in [-0.39, 0.29) is 0 Å². The van der Waals surface area contributed by atoms with Gasteiger partial charge in [0.25, 0.3) is 0 Å². The Morgan fingerprint density at radius 3 is 2.90 bits per heavy atom. The van der Waals surface area contributed by atoms with Gasteiger partial charge in [0.2, 0.25) is 0 Å². The summed E-state index contributed by atoms with van der Waals surface area (Å²) in [5.41, 5.74) is 1.36. The van der Waals surface area contributed by atoms with Crippen LogP contribution in [-0.2, 0) is 0 Å². The quantitative estimate of drug-likeness (QED) is 0.843. The third kappa shape index (κ3) is 4.24. The van der Waals surface area contributed by atoms with E-state index in [1.165, 1.54) is 31.5 Å². The number of quaternary nitrogens is 1. The Morgan fingerprint density at radius 1 is 1.35 bits per heavy atom. The first-order chi connectivity index (χ1) is 9.70.